The first-order valence-electron chi connectivity index (χ1n) is 9.38. The minimum atomic E-state index is -3.85. The van der Waals surface area contributed by atoms with Crippen LogP contribution in [0.4, 0.5) is 11.4 Å². The van der Waals surface area contributed by atoms with Crippen LogP contribution in [0.15, 0.2) is 59.5 Å². The Morgan fingerprint density at radius 3 is 2.28 bits per heavy atom. The second kappa shape index (κ2) is 8.89. The third-order valence-corrected chi connectivity index (χ3v) is 6.88. The van der Waals surface area contributed by atoms with E-state index in [-0.39, 0.29) is 4.90 Å². The van der Waals surface area contributed by atoms with E-state index in [4.69, 9.17) is 9.47 Å². The molecular formula is C21H18N2O7S2. The van der Waals surface area contributed by atoms with Crippen LogP contribution in [-0.4, -0.2) is 40.6 Å². The molecule has 1 aromatic heterocycles. The van der Waals surface area contributed by atoms with Crippen molar-refractivity contribution in [3.8, 4) is 11.5 Å². The first kappa shape index (κ1) is 21.7. The van der Waals surface area contributed by atoms with Gasteiger partial charge in [0.05, 0.1) is 16.9 Å². The molecule has 11 heteroatoms. The van der Waals surface area contributed by atoms with E-state index in [2.05, 4.69) is 14.8 Å². The van der Waals surface area contributed by atoms with Gasteiger partial charge in [0.1, 0.15) is 18.1 Å². The van der Waals surface area contributed by atoms with Gasteiger partial charge in [-0.05, 0) is 48.5 Å². The van der Waals surface area contributed by atoms with Crippen LogP contribution in [0.3, 0.4) is 0 Å². The van der Waals surface area contributed by atoms with E-state index in [0.717, 1.165) is 11.3 Å². The number of benzene rings is 2. The molecule has 2 heterocycles. The van der Waals surface area contributed by atoms with E-state index in [1.54, 1.807) is 18.2 Å². The van der Waals surface area contributed by atoms with Gasteiger partial charge in [-0.15, -0.1) is 11.3 Å². The van der Waals surface area contributed by atoms with Crippen LogP contribution >= 0.6 is 11.3 Å². The third kappa shape index (κ3) is 4.68. The van der Waals surface area contributed by atoms with Gasteiger partial charge in [0.15, 0.2) is 11.5 Å². The van der Waals surface area contributed by atoms with Crippen molar-refractivity contribution in [1.82, 2.24) is 0 Å². The van der Waals surface area contributed by atoms with Crippen molar-refractivity contribution in [1.29, 1.82) is 0 Å². The number of rotatable bonds is 6. The molecule has 0 fully saturated rings. The van der Waals surface area contributed by atoms with Crippen LogP contribution < -0.4 is 19.5 Å². The molecule has 1 aliphatic heterocycles. The van der Waals surface area contributed by atoms with Crippen molar-refractivity contribution in [2.45, 2.75) is 4.90 Å². The van der Waals surface area contributed by atoms with Crippen LogP contribution in [-0.2, 0) is 14.8 Å². The maximum atomic E-state index is 12.7. The molecule has 0 bridgehead atoms. The van der Waals surface area contributed by atoms with Crippen molar-refractivity contribution in [3.05, 3.63) is 64.4 Å². The number of hydrogen-bond donors (Lipinski definition) is 2. The maximum absolute atomic E-state index is 12.7. The van der Waals surface area contributed by atoms with Crippen molar-refractivity contribution < 1.29 is 32.2 Å². The highest BCUT2D eigenvalue weighted by Gasteiger charge is 2.20. The predicted octanol–water partition coefficient (Wildman–Crippen LogP) is 3.36. The first-order valence-corrected chi connectivity index (χ1v) is 11.7. The number of thiophene rings is 1. The van der Waals surface area contributed by atoms with Crippen LogP contribution in [0, 0.1) is 0 Å². The summed E-state index contributed by atoms with van der Waals surface area (Å²) in [7, 11) is -2.58. The molecule has 0 aliphatic carbocycles. The Balaban J connectivity index is 1.42. The fraction of sp³-hybridized carbons (Fsp3) is 0.143. The number of anilines is 2. The number of amides is 1. The van der Waals surface area contributed by atoms with Crippen molar-refractivity contribution in [2.24, 2.45) is 0 Å². The number of hydrogen-bond acceptors (Lipinski definition) is 8. The number of nitrogens with one attached hydrogen (secondary N) is 2. The summed E-state index contributed by atoms with van der Waals surface area (Å²) in [5.41, 5.74) is 0.785. The van der Waals surface area contributed by atoms with Crippen molar-refractivity contribution in [2.75, 3.05) is 30.4 Å². The lowest BCUT2D eigenvalue weighted by molar-refractivity contribution is 0.0606. The molecule has 2 N–H and O–H groups in total. The fourth-order valence-electron chi connectivity index (χ4n) is 2.89. The number of carbonyl (C=O) groups is 2. The van der Waals surface area contributed by atoms with Gasteiger partial charge in [-0.1, -0.05) is 0 Å². The van der Waals surface area contributed by atoms with Gasteiger partial charge in [0.2, 0.25) is 0 Å². The second-order valence-corrected chi connectivity index (χ2v) is 9.36. The van der Waals surface area contributed by atoms with Crippen LogP contribution in [0.25, 0.3) is 0 Å². The lowest BCUT2D eigenvalue weighted by atomic mass is 10.3. The molecule has 9 nitrogen and oxygen atoms in total. The largest absolute Gasteiger partial charge is 0.486 e. The molecule has 4 rings (SSSR count). The van der Waals surface area contributed by atoms with E-state index in [1.807, 2.05) is 0 Å². The van der Waals surface area contributed by atoms with Crippen molar-refractivity contribution in [3.63, 3.8) is 0 Å². The lowest BCUT2D eigenvalue weighted by Gasteiger charge is -2.19. The van der Waals surface area contributed by atoms with Crippen molar-refractivity contribution >= 4 is 44.6 Å². The summed E-state index contributed by atoms with van der Waals surface area (Å²) in [6, 6.07) is 13.6. The summed E-state index contributed by atoms with van der Waals surface area (Å²) in [6.07, 6.45) is 0. The highest BCUT2D eigenvalue weighted by atomic mass is 32.2. The van der Waals surface area contributed by atoms with Crippen LogP contribution in [0.5, 0.6) is 11.5 Å². The Labute approximate surface area is 188 Å². The summed E-state index contributed by atoms with van der Waals surface area (Å²) in [4.78, 5) is 24.6. The number of ether oxygens (including phenoxy) is 3. The SMILES string of the molecule is COC(=O)c1ccc(C(=O)Nc2ccc(NS(=O)(=O)c3ccc4c(c3)OCCO4)cc2)s1. The van der Waals surface area contributed by atoms with Gasteiger partial charge in [-0.2, -0.15) is 0 Å². The molecule has 0 radical (unpaired) electrons. The maximum Gasteiger partial charge on any atom is 0.348 e. The Kier molecular flexibility index (Phi) is 6.01. The van der Waals surface area contributed by atoms with Crippen LogP contribution in [0.1, 0.15) is 19.3 Å². The zero-order valence-corrected chi connectivity index (χ0v) is 18.4. The number of carbonyl (C=O) groups excluding carboxylic acids is 2. The summed E-state index contributed by atoms with van der Waals surface area (Å²) < 4.78 is 43.4. The molecule has 1 aliphatic rings. The Bertz CT molecular complexity index is 1270. The standard InChI is InChI=1S/C21H18N2O7S2/c1-28-21(25)19-9-8-18(31-19)20(24)22-13-2-4-14(5-3-13)23-32(26,27)15-6-7-16-17(12-15)30-11-10-29-16/h2-9,12,23H,10-11H2,1H3,(H,22,24). The lowest BCUT2D eigenvalue weighted by Crippen LogP contribution is -2.17. The molecular weight excluding hydrogens is 456 g/mol. The third-order valence-electron chi connectivity index (χ3n) is 4.44. The summed E-state index contributed by atoms with van der Waals surface area (Å²) in [5, 5.41) is 2.70. The second-order valence-electron chi connectivity index (χ2n) is 6.60. The normalized spacial score (nSPS) is 12.7. The highest BCUT2D eigenvalue weighted by Crippen LogP contribution is 2.32. The number of fused-ring (bicyclic) bond motifs is 1. The molecule has 2 aromatic carbocycles. The minimum absolute atomic E-state index is 0.0400. The van der Waals surface area contributed by atoms with Gasteiger partial charge in [-0.25, -0.2) is 13.2 Å². The molecule has 166 valence electrons. The number of sulfonamides is 1. The topological polar surface area (TPSA) is 120 Å². The number of methoxy groups -OCH3 is 1. The molecule has 0 spiro atoms. The fourth-order valence-corrected chi connectivity index (χ4v) is 4.78. The van der Waals surface area contributed by atoms with Crippen LogP contribution in [0.2, 0.25) is 0 Å². The van der Waals surface area contributed by atoms with Gasteiger partial charge in [0.25, 0.3) is 15.9 Å². The molecule has 3 aromatic rings. The Morgan fingerprint density at radius 1 is 0.906 bits per heavy atom. The molecule has 0 saturated heterocycles. The quantitative estimate of drug-likeness (QED) is 0.526. The molecule has 32 heavy (non-hydrogen) atoms. The monoisotopic (exact) mass is 474 g/mol. The molecule has 0 unspecified atom stereocenters. The average molecular weight is 475 g/mol. The molecule has 1 amide bonds. The smallest absolute Gasteiger partial charge is 0.348 e. The summed E-state index contributed by atoms with van der Waals surface area (Å²) in [5.74, 6) is -0.0284. The summed E-state index contributed by atoms with van der Waals surface area (Å²) >= 11 is 1.01. The molecule has 0 atom stereocenters. The van der Waals surface area contributed by atoms with E-state index >= 15 is 0 Å². The van der Waals surface area contributed by atoms with E-state index in [0.29, 0.717) is 45.8 Å². The predicted molar refractivity (Wildman–Crippen MR) is 118 cm³/mol. The summed E-state index contributed by atoms with van der Waals surface area (Å²) in [6.45, 7) is 0.770. The first-order chi connectivity index (χ1) is 15.4. The van der Waals surface area contributed by atoms with E-state index in [9.17, 15) is 18.0 Å². The van der Waals surface area contributed by atoms with Gasteiger partial charge < -0.3 is 19.5 Å². The average Bonchev–Trinajstić information content (AvgIpc) is 3.30. The zero-order chi connectivity index (χ0) is 22.7. The molecule has 0 saturated carbocycles. The zero-order valence-electron chi connectivity index (χ0n) is 16.8. The minimum Gasteiger partial charge on any atom is -0.486 e. The van der Waals surface area contributed by atoms with E-state index < -0.39 is 21.9 Å². The van der Waals surface area contributed by atoms with Gasteiger partial charge in [0, 0.05) is 17.4 Å². The Hall–Kier alpha value is -3.57. The number of esters is 1. The van der Waals surface area contributed by atoms with Gasteiger partial charge >= 0.3 is 5.97 Å². The Morgan fingerprint density at radius 2 is 1.56 bits per heavy atom. The highest BCUT2D eigenvalue weighted by molar-refractivity contribution is 7.92. The van der Waals surface area contributed by atoms with Gasteiger partial charge in [-0.3, -0.25) is 9.52 Å². The van der Waals surface area contributed by atoms with E-state index in [1.165, 1.54) is 43.5 Å².